The zero-order valence-corrected chi connectivity index (χ0v) is 17.3. The first kappa shape index (κ1) is 19.6. The first-order valence-electron chi connectivity index (χ1n) is 11.2. The molecule has 0 amide bonds. The van der Waals surface area contributed by atoms with Gasteiger partial charge in [0.15, 0.2) is 5.79 Å². The van der Waals surface area contributed by atoms with Crippen molar-refractivity contribution in [1.29, 1.82) is 0 Å². The summed E-state index contributed by atoms with van der Waals surface area (Å²) < 4.78 is 43.0. The van der Waals surface area contributed by atoms with Crippen molar-refractivity contribution in [3.8, 4) is 0 Å². The van der Waals surface area contributed by atoms with Crippen LogP contribution in [-0.2, 0) is 38.0 Å². The third-order valence-corrected chi connectivity index (χ3v) is 7.54. The summed E-state index contributed by atoms with van der Waals surface area (Å²) in [6.07, 6.45) is 4.07. The van der Waals surface area contributed by atoms with E-state index in [9.17, 15) is 4.79 Å². The fourth-order valence-corrected chi connectivity index (χ4v) is 6.14. The maximum Gasteiger partial charge on any atom is 0.308 e. The van der Waals surface area contributed by atoms with E-state index in [1.807, 2.05) is 0 Å². The number of hydrogen-bond donors (Lipinski definition) is 0. The number of carbonyl (C=O) groups is 1. The van der Waals surface area contributed by atoms with Gasteiger partial charge >= 0.3 is 5.97 Å². The van der Waals surface area contributed by atoms with Crippen molar-refractivity contribution >= 4 is 5.97 Å². The number of carbonyl (C=O) groups excluding carboxylic acids is 1. The fourth-order valence-electron chi connectivity index (χ4n) is 6.14. The van der Waals surface area contributed by atoms with E-state index >= 15 is 0 Å². The molecule has 0 aromatic rings. The van der Waals surface area contributed by atoms with E-state index in [2.05, 4.69) is 6.58 Å². The smallest absolute Gasteiger partial charge is 0.308 e. The van der Waals surface area contributed by atoms with Crippen LogP contribution in [0.25, 0.3) is 0 Å². The van der Waals surface area contributed by atoms with E-state index in [1.54, 1.807) is 0 Å². The third kappa shape index (κ3) is 3.15. The quantitative estimate of drug-likeness (QED) is 0.489. The normalized spacial score (nSPS) is 51.1. The largest absolute Gasteiger partial charge is 0.469 e. The summed E-state index contributed by atoms with van der Waals surface area (Å²) in [5, 5.41) is 0. The lowest BCUT2D eigenvalue weighted by Gasteiger charge is -2.47. The van der Waals surface area contributed by atoms with Crippen molar-refractivity contribution in [2.45, 2.75) is 106 Å². The van der Waals surface area contributed by atoms with E-state index in [4.69, 9.17) is 33.2 Å². The molecule has 7 fully saturated rings. The second-order valence-corrected chi connectivity index (χ2v) is 9.56. The Morgan fingerprint density at radius 1 is 1.03 bits per heavy atom. The van der Waals surface area contributed by atoms with Crippen LogP contribution in [0.5, 0.6) is 0 Å². The highest BCUT2D eigenvalue weighted by Gasteiger charge is 2.68. The zero-order valence-electron chi connectivity index (χ0n) is 17.3. The Labute approximate surface area is 176 Å². The van der Waals surface area contributed by atoms with Crippen LogP contribution in [0.2, 0.25) is 0 Å². The van der Waals surface area contributed by atoms with Gasteiger partial charge in [-0.3, -0.25) is 4.79 Å². The minimum atomic E-state index is -0.687. The standard InChI is InChI=1S/C22H30O8/c1-11-7-12(25-10-11)5-6-22-9-15-18(29-22)19-20(28-15)21(30-22)17-14(27-19)4-3-13(26-17)8-16(23)24-2/h12-15,17-21H,1,3-10H2,2H3/t12?,13?,14?,15?,17-,18?,19-,20?,21?,22-/m0/s1. The number of fused-ring (bicyclic) bond motifs is 1. The van der Waals surface area contributed by atoms with Gasteiger partial charge in [0.2, 0.25) is 0 Å². The maximum absolute atomic E-state index is 11.8. The first-order valence-corrected chi connectivity index (χ1v) is 11.2. The summed E-state index contributed by atoms with van der Waals surface area (Å²) in [7, 11) is 1.40. The van der Waals surface area contributed by atoms with Crippen LogP contribution in [0.4, 0.5) is 0 Å². The monoisotopic (exact) mass is 422 g/mol. The average Bonchev–Trinajstić information content (AvgIpc) is 3.34. The Hall–Kier alpha value is -1.03. The number of ether oxygens (including phenoxy) is 7. The number of rotatable bonds is 5. The molecule has 7 unspecified atom stereocenters. The lowest BCUT2D eigenvalue weighted by molar-refractivity contribution is -0.293. The summed E-state index contributed by atoms with van der Waals surface area (Å²) in [5.74, 6) is -0.944. The van der Waals surface area contributed by atoms with Crippen molar-refractivity contribution in [3.63, 3.8) is 0 Å². The summed E-state index contributed by atoms with van der Waals surface area (Å²) in [6, 6.07) is 0. The maximum atomic E-state index is 11.8. The Balaban J connectivity index is 1.20. The molecule has 0 aromatic carbocycles. The van der Waals surface area contributed by atoms with Crippen LogP contribution in [-0.4, -0.2) is 80.4 Å². The van der Waals surface area contributed by atoms with Gasteiger partial charge in [-0.25, -0.2) is 0 Å². The molecule has 7 saturated heterocycles. The highest BCUT2D eigenvalue weighted by atomic mass is 16.8. The highest BCUT2D eigenvalue weighted by molar-refractivity contribution is 5.69. The van der Waals surface area contributed by atoms with Crippen LogP contribution >= 0.6 is 0 Å². The summed E-state index contributed by atoms with van der Waals surface area (Å²) in [6.45, 7) is 4.67. The molecule has 0 aliphatic carbocycles. The van der Waals surface area contributed by atoms with Gasteiger partial charge in [-0.2, -0.15) is 0 Å². The van der Waals surface area contributed by atoms with Gasteiger partial charge in [0.05, 0.1) is 44.6 Å². The van der Waals surface area contributed by atoms with Gasteiger partial charge in [-0.15, -0.1) is 0 Å². The molecule has 7 rings (SSSR count). The van der Waals surface area contributed by atoms with Gasteiger partial charge in [0, 0.05) is 12.8 Å². The number of hydrogen-bond acceptors (Lipinski definition) is 8. The van der Waals surface area contributed by atoms with Crippen molar-refractivity contribution in [1.82, 2.24) is 0 Å². The molecular weight excluding hydrogens is 392 g/mol. The molecule has 7 aliphatic rings. The van der Waals surface area contributed by atoms with Crippen LogP contribution in [0, 0.1) is 0 Å². The molecule has 8 heteroatoms. The molecule has 10 atom stereocenters. The van der Waals surface area contributed by atoms with Gasteiger partial charge in [-0.05, 0) is 31.3 Å². The molecule has 166 valence electrons. The number of methoxy groups -OCH3 is 1. The molecule has 8 nitrogen and oxygen atoms in total. The second-order valence-electron chi connectivity index (χ2n) is 9.56. The molecule has 30 heavy (non-hydrogen) atoms. The molecular formula is C22H30O8. The minimum absolute atomic E-state index is 0.00418. The zero-order chi connectivity index (χ0) is 20.5. The predicted molar refractivity (Wildman–Crippen MR) is 102 cm³/mol. The van der Waals surface area contributed by atoms with Crippen LogP contribution in [0.3, 0.4) is 0 Å². The Morgan fingerprint density at radius 2 is 1.83 bits per heavy atom. The third-order valence-electron chi connectivity index (χ3n) is 7.54. The number of esters is 1. The predicted octanol–water partition coefficient (Wildman–Crippen LogP) is 1.64. The Morgan fingerprint density at radius 3 is 2.63 bits per heavy atom. The lowest BCUT2D eigenvalue weighted by atomic mass is 9.87. The molecule has 6 bridgehead atoms. The topological polar surface area (TPSA) is 81.7 Å². The van der Waals surface area contributed by atoms with Gasteiger partial charge in [-0.1, -0.05) is 6.58 Å². The average molecular weight is 422 g/mol. The Bertz CT molecular complexity index is 726. The highest BCUT2D eigenvalue weighted by Crippen LogP contribution is 2.54. The van der Waals surface area contributed by atoms with E-state index in [1.165, 1.54) is 7.11 Å². The second kappa shape index (κ2) is 7.25. The van der Waals surface area contributed by atoms with Crippen molar-refractivity contribution < 1.29 is 38.0 Å². The van der Waals surface area contributed by atoms with Gasteiger partial charge < -0.3 is 33.2 Å². The molecule has 0 aromatic heterocycles. The molecule has 0 radical (unpaired) electrons. The lowest BCUT2D eigenvalue weighted by Crippen LogP contribution is -2.61. The van der Waals surface area contributed by atoms with E-state index in [0.717, 1.165) is 37.7 Å². The van der Waals surface area contributed by atoms with Gasteiger partial charge in [0.1, 0.15) is 30.5 Å². The molecule has 0 N–H and O–H groups in total. The summed E-state index contributed by atoms with van der Waals surface area (Å²) in [5.41, 5.74) is 1.15. The molecule has 0 spiro atoms. The summed E-state index contributed by atoms with van der Waals surface area (Å²) in [4.78, 5) is 11.8. The van der Waals surface area contributed by atoms with Crippen LogP contribution in [0.1, 0.15) is 44.9 Å². The van der Waals surface area contributed by atoms with Crippen molar-refractivity contribution in [2.24, 2.45) is 0 Å². The van der Waals surface area contributed by atoms with Crippen molar-refractivity contribution in [2.75, 3.05) is 13.7 Å². The molecule has 7 aliphatic heterocycles. The van der Waals surface area contributed by atoms with E-state index < -0.39 is 5.79 Å². The van der Waals surface area contributed by atoms with Crippen LogP contribution in [0.15, 0.2) is 12.2 Å². The molecule has 7 heterocycles. The SMILES string of the molecule is C=C1COC(CC[C@@]23CC4OC5C(O2)[C@H]2OC(CC(=O)OC)CCC2O[C@H]5C4O3)C1. The van der Waals surface area contributed by atoms with E-state index in [-0.39, 0.29) is 67.3 Å². The van der Waals surface area contributed by atoms with Gasteiger partial charge in [0.25, 0.3) is 0 Å². The first-order chi connectivity index (χ1) is 14.5. The minimum Gasteiger partial charge on any atom is -0.469 e. The fraction of sp³-hybridized carbons (Fsp3) is 0.864. The van der Waals surface area contributed by atoms with E-state index in [0.29, 0.717) is 13.0 Å². The molecule has 0 saturated carbocycles. The Kier molecular flexibility index (Phi) is 4.75. The van der Waals surface area contributed by atoms with Crippen molar-refractivity contribution in [3.05, 3.63) is 12.2 Å². The van der Waals surface area contributed by atoms with Crippen LogP contribution < -0.4 is 0 Å². The summed E-state index contributed by atoms with van der Waals surface area (Å²) >= 11 is 0.